The molecule has 0 fully saturated rings. The maximum Gasteiger partial charge on any atom is 0.338 e. The predicted molar refractivity (Wildman–Crippen MR) is 78.4 cm³/mol. The largest absolute Gasteiger partial charge is 0.462 e. The molecule has 0 heterocycles. The number of thioether (sulfide) groups is 1. The van der Waals surface area contributed by atoms with E-state index in [4.69, 9.17) is 4.74 Å². The smallest absolute Gasteiger partial charge is 0.338 e. The van der Waals surface area contributed by atoms with Gasteiger partial charge in [0.25, 0.3) is 0 Å². The number of benzene rings is 2. The van der Waals surface area contributed by atoms with E-state index in [-0.39, 0.29) is 5.82 Å². The normalized spacial score (nSPS) is 10.3. The minimum atomic E-state index is -0.406. The maximum absolute atomic E-state index is 13.4. The molecule has 0 spiro atoms. The molecule has 0 N–H and O–H groups in total. The molecule has 0 amide bonds. The Kier molecular flexibility index (Phi) is 5.18. The van der Waals surface area contributed by atoms with Crippen molar-refractivity contribution in [1.29, 1.82) is 0 Å². The van der Waals surface area contributed by atoms with Crippen LogP contribution in [-0.2, 0) is 10.5 Å². The summed E-state index contributed by atoms with van der Waals surface area (Å²) in [6, 6.07) is 13.9. The first-order chi connectivity index (χ1) is 9.70. The van der Waals surface area contributed by atoms with Crippen LogP contribution >= 0.6 is 11.8 Å². The Morgan fingerprint density at radius 3 is 2.65 bits per heavy atom. The van der Waals surface area contributed by atoms with Crippen molar-refractivity contribution < 1.29 is 13.9 Å². The Morgan fingerprint density at radius 1 is 1.20 bits per heavy atom. The number of rotatable bonds is 5. The van der Waals surface area contributed by atoms with E-state index in [2.05, 4.69) is 0 Å². The molecule has 0 aliphatic rings. The van der Waals surface area contributed by atoms with Crippen molar-refractivity contribution in [2.24, 2.45) is 0 Å². The number of esters is 1. The van der Waals surface area contributed by atoms with Gasteiger partial charge in [0.05, 0.1) is 12.2 Å². The predicted octanol–water partition coefficient (Wildman–Crippen LogP) is 4.29. The lowest BCUT2D eigenvalue weighted by Gasteiger charge is -2.09. The summed E-state index contributed by atoms with van der Waals surface area (Å²) in [5, 5.41) is 0. The molecule has 20 heavy (non-hydrogen) atoms. The summed E-state index contributed by atoms with van der Waals surface area (Å²) in [6.07, 6.45) is 0. The summed E-state index contributed by atoms with van der Waals surface area (Å²) >= 11 is 1.56. The van der Waals surface area contributed by atoms with Crippen LogP contribution < -0.4 is 0 Å². The zero-order valence-electron chi connectivity index (χ0n) is 11.1. The van der Waals surface area contributed by atoms with Gasteiger partial charge in [-0.15, -0.1) is 11.8 Å². The summed E-state index contributed by atoms with van der Waals surface area (Å²) in [7, 11) is 0. The Bertz CT molecular complexity index is 584. The van der Waals surface area contributed by atoms with Gasteiger partial charge in [0.15, 0.2) is 0 Å². The van der Waals surface area contributed by atoms with E-state index in [9.17, 15) is 9.18 Å². The molecule has 0 saturated carbocycles. The molecule has 0 aliphatic heterocycles. The Morgan fingerprint density at radius 2 is 1.95 bits per heavy atom. The van der Waals surface area contributed by atoms with Gasteiger partial charge in [-0.05, 0) is 42.8 Å². The van der Waals surface area contributed by atoms with Gasteiger partial charge in [-0.25, -0.2) is 9.18 Å². The van der Waals surface area contributed by atoms with Crippen molar-refractivity contribution >= 4 is 17.7 Å². The fraction of sp³-hybridized carbons (Fsp3) is 0.188. The van der Waals surface area contributed by atoms with Crippen LogP contribution in [0, 0.1) is 5.82 Å². The summed E-state index contributed by atoms with van der Waals surface area (Å²) in [4.78, 5) is 12.9. The second-order valence-corrected chi connectivity index (χ2v) is 5.17. The summed E-state index contributed by atoms with van der Waals surface area (Å²) < 4.78 is 18.4. The van der Waals surface area contributed by atoms with Crippen LogP contribution in [0.4, 0.5) is 4.39 Å². The molecule has 0 unspecified atom stereocenters. The highest BCUT2D eigenvalue weighted by atomic mass is 32.2. The lowest BCUT2D eigenvalue weighted by molar-refractivity contribution is 0.0525. The van der Waals surface area contributed by atoms with Gasteiger partial charge < -0.3 is 4.74 Å². The highest BCUT2D eigenvalue weighted by molar-refractivity contribution is 7.98. The van der Waals surface area contributed by atoms with E-state index in [1.165, 1.54) is 18.2 Å². The molecule has 0 atom stereocenters. The van der Waals surface area contributed by atoms with Crippen LogP contribution in [0.3, 0.4) is 0 Å². The van der Waals surface area contributed by atoms with Crippen molar-refractivity contribution in [2.75, 3.05) is 6.61 Å². The minimum Gasteiger partial charge on any atom is -0.462 e. The lowest BCUT2D eigenvalue weighted by atomic mass is 10.1. The highest BCUT2D eigenvalue weighted by Crippen LogP contribution is 2.25. The molecule has 0 radical (unpaired) electrons. The monoisotopic (exact) mass is 290 g/mol. The average molecular weight is 290 g/mol. The van der Waals surface area contributed by atoms with Gasteiger partial charge in [-0.3, -0.25) is 0 Å². The van der Waals surface area contributed by atoms with Crippen molar-refractivity contribution in [3.05, 3.63) is 65.5 Å². The molecule has 2 aromatic rings. The molecular formula is C16H15FO2S. The number of hydrogen-bond donors (Lipinski definition) is 0. The van der Waals surface area contributed by atoms with Crippen LogP contribution in [0.25, 0.3) is 0 Å². The van der Waals surface area contributed by atoms with E-state index >= 15 is 0 Å². The lowest BCUT2D eigenvalue weighted by Crippen LogP contribution is -2.08. The Balaban J connectivity index is 2.17. The van der Waals surface area contributed by atoms with E-state index in [1.807, 2.05) is 30.3 Å². The summed E-state index contributed by atoms with van der Waals surface area (Å²) in [5.41, 5.74) is 1.08. The second-order valence-electron chi connectivity index (χ2n) is 4.12. The van der Waals surface area contributed by atoms with E-state index in [0.717, 1.165) is 4.90 Å². The third kappa shape index (κ3) is 3.84. The zero-order valence-corrected chi connectivity index (χ0v) is 12.0. The molecule has 4 heteroatoms. The van der Waals surface area contributed by atoms with Gasteiger partial charge in [-0.1, -0.05) is 18.2 Å². The average Bonchev–Trinajstić information content (AvgIpc) is 2.46. The third-order valence-electron chi connectivity index (χ3n) is 2.70. The number of halogens is 1. The van der Waals surface area contributed by atoms with Crippen molar-refractivity contribution in [2.45, 2.75) is 17.6 Å². The molecule has 0 aliphatic carbocycles. The SMILES string of the molecule is CCOC(=O)c1ccc(F)cc1CSc1ccccc1. The number of hydrogen-bond acceptors (Lipinski definition) is 3. The van der Waals surface area contributed by atoms with E-state index in [1.54, 1.807) is 18.7 Å². The first-order valence-corrected chi connectivity index (χ1v) is 7.32. The van der Waals surface area contributed by atoms with E-state index < -0.39 is 5.97 Å². The van der Waals surface area contributed by atoms with Crippen LogP contribution in [0.1, 0.15) is 22.8 Å². The molecule has 2 rings (SSSR count). The number of carbonyl (C=O) groups excluding carboxylic acids is 1. The second kappa shape index (κ2) is 7.10. The van der Waals surface area contributed by atoms with E-state index in [0.29, 0.717) is 23.5 Å². The Hall–Kier alpha value is -1.81. The number of carbonyl (C=O) groups is 1. The molecule has 0 bridgehead atoms. The van der Waals surface area contributed by atoms with Gasteiger partial charge in [-0.2, -0.15) is 0 Å². The molecule has 0 saturated heterocycles. The number of ether oxygens (including phenoxy) is 1. The quantitative estimate of drug-likeness (QED) is 0.607. The first-order valence-electron chi connectivity index (χ1n) is 6.34. The van der Waals surface area contributed by atoms with Gasteiger partial charge in [0.1, 0.15) is 5.82 Å². The third-order valence-corrected chi connectivity index (χ3v) is 3.76. The van der Waals surface area contributed by atoms with Crippen LogP contribution in [0.2, 0.25) is 0 Å². The highest BCUT2D eigenvalue weighted by Gasteiger charge is 2.13. The van der Waals surface area contributed by atoms with Crippen molar-refractivity contribution in [1.82, 2.24) is 0 Å². The molecular weight excluding hydrogens is 275 g/mol. The van der Waals surface area contributed by atoms with Crippen LogP contribution in [0.5, 0.6) is 0 Å². The Labute approximate surface area is 122 Å². The molecule has 2 aromatic carbocycles. The van der Waals surface area contributed by atoms with Crippen molar-refractivity contribution in [3.63, 3.8) is 0 Å². The summed E-state index contributed by atoms with van der Waals surface area (Å²) in [6.45, 7) is 2.06. The first kappa shape index (κ1) is 14.6. The van der Waals surface area contributed by atoms with Crippen LogP contribution in [-0.4, -0.2) is 12.6 Å². The standard InChI is InChI=1S/C16H15FO2S/c1-2-19-16(18)15-9-8-13(17)10-12(15)11-20-14-6-4-3-5-7-14/h3-10H,2,11H2,1H3. The summed E-state index contributed by atoms with van der Waals surface area (Å²) in [5.74, 6) is -0.228. The minimum absolute atomic E-state index is 0.307. The molecule has 0 aromatic heterocycles. The maximum atomic E-state index is 13.4. The van der Waals surface area contributed by atoms with Gasteiger partial charge in [0.2, 0.25) is 0 Å². The van der Waals surface area contributed by atoms with Crippen molar-refractivity contribution in [3.8, 4) is 0 Å². The van der Waals surface area contributed by atoms with Gasteiger partial charge >= 0.3 is 5.97 Å². The fourth-order valence-corrected chi connectivity index (χ4v) is 2.68. The molecule has 104 valence electrons. The topological polar surface area (TPSA) is 26.3 Å². The van der Waals surface area contributed by atoms with Crippen LogP contribution in [0.15, 0.2) is 53.4 Å². The fourth-order valence-electron chi connectivity index (χ4n) is 1.77. The van der Waals surface area contributed by atoms with Gasteiger partial charge in [0, 0.05) is 10.6 Å². The zero-order chi connectivity index (χ0) is 14.4. The molecule has 2 nitrogen and oxygen atoms in total.